The van der Waals surface area contributed by atoms with Crippen LogP contribution in [0.2, 0.25) is 0 Å². The highest BCUT2D eigenvalue weighted by molar-refractivity contribution is 5.82. The van der Waals surface area contributed by atoms with Crippen LogP contribution < -0.4 is 4.90 Å². The number of allylic oxidation sites excluding steroid dienone is 1. The molecular formula is C22H18N2. The van der Waals surface area contributed by atoms with E-state index in [1.807, 2.05) is 35.2 Å². The highest BCUT2D eigenvalue weighted by atomic mass is 15.2. The summed E-state index contributed by atoms with van der Waals surface area (Å²) in [6.45, 7) is 4.41. The van der Waals surface area contributed by atoms with Crippen LogP contribution >= 0.6 is 0 Å². The minimum atomic E-state index is -0.156. The lowest BCUT2D eigenvalue weighted by Crippen LogP contribution is -2.22. The van der Waals surface area contributed by atoms with Crippen molar-refractivity contribution >= 4 is 22.7 Å². The fourth-order valence-electron chi connectivity index (χ4n) is 3.43. The molecule has 4 rings (SSSR count). The molecule has 0 aliphatic carbocycles. The molecule has 2 heterocycles. The lowest BCUT2D eigenvalue weighted by atomic mass is 9.83. The van der Waals surface area contributed by atoms with Crippen LogP contribution in [0.3, 0.4) is 0 Å². The van der Waals surface area contributed by atoms with Crippen molar-refractivity contribution in [1.29, 1.82) is 0 Å². The molecule has 0 saturated heterocycles. The Kier molecular flexibility index (Phi) is 3.18. The van der Waals surface area contributed by atoms with Gasteiger partial charge in [-0.2, -0.15) is 0 Å². The number of nitrogens with zero attached hydrogens (tertiary/aromatic N) is 2. The summed E-state index contributed by atoms with van der Waals surface area (Å²) in [6, 6.07) is 23.4. The average Bonchev–Trinajstić information content (AvgIpc) is 2.82. The van der Waals surface area contributed by atoms with Gasteiger partial charge in [0.25, 0.3) is 0 Å². The number of para-hydroxylation sites is 2. The predicted molar refractivity (Wildman–Crippen MR) is 101 cm³/mol. The number of terminal acetylenes is 1. The van der Waals surface area contributed by atoms with Crippen molar-refractivity contribution in [2.24, 2.45) is 0 Å². The van der Waals surface area contributed by atoms with Crippen molar-refractivity contribution in [2.75, 3.05) is 4.90 Å². The molecule has 0 spiro atoms. The molecule has 0 atom stereocenters. The van der Waals surface area contributed by atoms with Crippen molar-refractivity contribution in [2.45, 2.75) is 19.3 Å². The summed E-state index contributed by atoms with van der Waals surface area (Å²) in [5.74, 6) is 0. The third-order valence-corrected chi connectivity index (χ3v) is 4.73. The quantitative estimate of drug-likeness (QED) is 0.590. The molecular weight excluding hydrogens is 292 g/mol. The fourth-order valence-corrected chi connectivity index (χ4v) is 3.43. The Morgan fingerprint density at radius 2 is 1.75 bits per heavy atom. The molecule has 116 valence electrons. The first-order valence-corrected chi connectivity index (χ1v) is 8.05. The highest BCUT2D eigenvalue weighted by Gasteiger charge is 2.39. The molecule has 0 N–H and O–H groups in total. The topological polar surface area (TPSA) is 16.1 Å². The monoisotopic (exact) mass is 310 g/mol. The van der Waals surface area contributed by atoms with Gasteiger partial charge in [0.05, 0.1) is 16.9 Å². The van der Waals surface area contributed by atoms with E-state index in [1.165, 1.54) is 5.56 Å². The summed E-state index contributed by atoms with van der Waals surface area (Å²) in [4.78, 5) is 6.70. The molecule has 0 amide bonds. The highest BCUT2D eigenvalue weighted by Crippen LogP contribution is 2.47. The molecule has 3 aromatic rings. The van der Waals surface area contributed by atoms with Gasteiger partial charge in [-0.05, 0) is 29.8 Å². The van der Waals surface area contributed by atoms with Gasteiger partial charge in [-0.15, -0.1) is 0 Å². The molecule has 2 aromatic carbocycles. The number of fused-ring (bicyclic) bond motifs is 2. The van der Waals surface area contributed by atoms with E-state index in [0.29, 0.717) is 0 Å². The van der Waals surface area contributed by atoms with Gasteiger partial charge in [-0.3, -0.25) is 4.90 Å². The molecule has 2 nitrogen and oxygen atoms in total. The fraction of sp³-hybridized carbons (Fsp3) is 0.136. The van der Waals surface area contributed by atoms with E-state index in [2.05, 4.69) is 56.3 Å². The Morgan fingerprint density at radius 1 is 1.00 bits per heavy atom. The van der Waals surface area contributed by atoms with Gasteiger partial charge in [-0.1, -0.05) is 62.7 Å². The second-order valence-corrected chi connectivity index (χ2v) is 6.57. The van der Waals surface area contributed by atoms with Crippen LogP contribution in [-0.4, -0.2) is 4.98 Å². The van der Waals surface area contributed by atoms with Crippen LogP contribution in [0.25, 0.3) is 17.0 Å². The molecule has 2 heteroatoms. The van der Waals surface area contributed by atoms with Crippen molar-refractivity contribution in [3.05, 3.63) is 77.6 Å². The normalized spacial score (nSPS) is 17.0. The van der Waals surface area contributed by atoms with Crippen molar-refractivity contribution in [3.63, 3.8) is 0 Å². The predicted octanol–water partition coefficient (Wildman–Crippen LogP) is 4.96. The number of aromatic nitrogens is 1. The first kappa shape index (κ1) is 14.5. The Morgan fingerprint density at radius 3 is 2.58 bits per heavy atom. The molecule has 0 radical (unpaired) electrons. The maximum absolute atomic E-state index is 5.82. The minimum absolute atomic E-state index is 0.156. The molecule has 1 aliphatic heterocycles. The summed E-state index contributed by atoms with van der Waals surface area (Å²) < 4.78 is 0. The van der Waals surface area contributed by atoms with E-state index in [4.69, 9.17) is 11.4 Å². The van der Waals surface area contributed by atoms with E-state index in [9.17, 15) is 0 Å². The van der Waals surface area contributed by atoms with Crippen LogP contribution in [0.1, 0.15) is 25.1 Å². The number of anilines is 1. The zero-order chi connectivity index (χ0) is 16.7. The zero-order valence-corrected chi connectivity index (χ0v) is 13.8. The van der Waals surface area contributed by atoms with Gasteiger partial charge in [0, 0.05) is 22.5 Å². The lowest BCUT2D eigenvalue weighted by Gasteiger charge is -2.23. The summed E-state index contributed by atoms with van der Waals surface area (Å²) in [6.07, 6.45) is 7.92. The largest absolute Gasteiger partial charge is 0.273 e. The van der Waals surface area contributed by atoms with Crippen LogP contribution in [0.15, 0.2) is 66.4 Å². The van der Waals surface area contributed by atoms with Gasteiger partial charge < -0.3 is 0 Å². The second kappa shape index (κ2) is 5.25. The first-order valence-electron chi connectivity index (χ1n) is 8.05. The van der Waals surface area contributed by atoms with Crippen molar-refractivity contribution in [3.8, 4) is 12.5 Å². The minimum Gasteiger partial charge on any atom is -0.273 e. The van der Waals surface area contributed by atoms with Crippen LogP contribution in [0, 0.1) is 12.5 Å². The van der Waals surface area contributed by atoms with E-state index >= 15 is 0 Å². The van der Waals surface area contributed by atoms with Gasteiger partial charge in [-0.25, -0.2) is 4.98 Å². The summed E-state index contributed by atoms with van der Waals surface area (Å²) in [7, 11) is 0. The maximum Gasteiger partial charge on any atom is 0.0709 e. The van der Waals surface area contributed by atoms with Gasteiger partial charge >= 0.3 is 0 Å². The number of hydrogen-bond acceptors (Lipinski definition) is 2. The number of benzene rings is 2. The third-order valence-electron chi connectivity index (χ3n) is 4.73. The van der Waals surface area contributed by atoms with Gasteiger partial charge in [0.2, 0.25) is 0 Å². The molecule has 1 aromatic heterocycles. The van der Waals surface area contributed by atoms with E-state index in [-0.39, 0.29) is 5.41 Å². The first-order chi connectivity index (χ1) is 11.6. The maximum atomic E-state index is 5.82. The van der Waals surface area contributed by atoms with Gasteiger partial charge in [0.1, 0.15) is 0 Å². The molecule has 24 heavy (non-hydrogen) atoms. The van der Waals surface area contributed by atoms with Crippen molar-refractivity contribution in [1.82, 2.24) is 4.98 Å². The standard InChI is InChI=1S/C22H18N2/c1-4-24-20-12-8-6-10-18(20)22(2,3)21(24)15-17-14-13-16-9-5-7-11-19(16)23-17/h1,5-15H,2-3H3. The Labute approximate surface area is 142 Å². The van der Waals surface area contributed by atoms with Crippen LogP contribution in [0.4, 0.5) is 5.69 Å². The summed E-state index contributed by atoms with van der Waals surface area (Å²) in [5.41, 5.74) is 5.16. The summed E-state index contributed by atoms with van der Waals surface area (Å²) in [5, 5.41) is 1.14. The van der Waals surface area contributed by atoms with Gasteiger partial charge in [0.15, 0.2) is 0 Å². The number of pyridine rings is 1. The number of rotatable bonds is 1. The van der Waals surface area contributed by atoms with Crippen LogP contribution in [0.5, 0.6) is 0 Å². The Hall–Kier alpha value is -3.05. The van der Waals surface area contributed by atoms with E-state index < -0.39 is 0 Å². The Bertz CT molecular complexity index is 1010. The van der Waals surface area contributed by atoms with E-state index in [0.717, 1.165) is 28.0 Å². The molecule has 0 saturated carbocycles. The number of hydrogen-bond donors (Lipinski definition) is 0. The zero-order valence-electron chi connectivity index (χ0n) is 13.8. The SMILES string of the molecule is C#CN1C(=Cc2ccc3ccccc3n2)C(C)(C)c2ccccc21. The summed E-state index contributed by atoms with van der Waals surface area (Å²) >= 11 is 0. The second-order valence-electron chi connectivity index (χ2n) is 6.57. The lowest BCUT2D eigenvalue weighted by molar-refractivity contribution is 0.649. The smallest absolute Gasteiger partial charge is 0.0709 e. The van der Waals surface area contributed by atoms with Crippen molar-refractivity contribution < 1.29 is 0 Å². The van der Waals surface area contributed by atoms with Crippen LogP contribution in [-0.2, 0) is 5.41 Å². The molecule has 1 aliphatic rings. The third kappa shape index (κ3) is 2.10. The molecule has 0 unspecified atom stereocenters. The molecule has 0 bridgehead atoms. The van der Waals surface area contributed by atoms with E-state index in [1.54, 1.807) is 0 Å². The molecule has 0 fully saturated rings. The Balaban J connectivity index is 1.88. The average molecular weight is 310 g/mol.